The molecule has 92 valence electrons. The van der Waals surface area contributed by atoms with E-state index in [-0.39, 0.29) is 0 Å². The molecule has 4 nitrogen and oxygen atoms in total. The highest BCUT2D eigenvalue weighted by atomic mass is 15.1. The molecule has 0 radical (unpaired) electrons. The molecule has 0 aliphatic heterocycles. The summed E-state index contributed by atoms with van der Waals surface area (Å²) >= 11 is 0. The zero-order chi connectivity index (χ0) is 12.6. The summed E-state index contributed by atoms with van der Waals surface area (Å²) in [4.78, 5) is 12.9. The molecule has 0 saturated heterocycles. The van der Waals surface area contributed by atoms with Crippen LogP contribution in [0.4, 0.5) is 0 Å². The molecule has 16 heavy (non-hydrogen) atoms. The van der Waals surface area contributed by atoms with Crippen molar-refractivity contribution in [2.24, 2.45) is 0 Å². The van der Waals surface area contributed by atoms with Gasteiger partial charge in [0.1, 0.15) is 0 Å². The van der Waals surface area contributed by atoms with E-state index in [1.165, 1.54) is 0 Å². The van der Waals surface area contributed by atoms with Gasteiger partial charge in [-0.2, -0.15) is 0 Å². The first kappa shape index (κ1) is 15.0. The SMILES string of the molecule is CC.CN(C)Cc1cncc(CN(C)C)n1. The Bertz CT molecular complexity index is 259. The van der Waals surface area contributed by atoms with Gasteiger partial charge >= 0.3 is 0 Å². The van der Waals surface area contributed by atoms with Crippen molar-refractivity contribution in [2.75, 3.05) is 28.2 Å². The van der Waals surface area contributed by atoms with E-state index in [1.807, 2.05) is 54.4 Å². The molecule has 0 saturated carbocycles. The second-order valence-corrected chi connectivity index (χ2v) is 3.98. The lowest BCUT2D eigenvalue weighted by Gasteiger charge is -2.11. The monoisotopic (exact) mass is 224 g/mol. The van der Waals surface area contributed by atoms with E-state index >= 15 is 0 Å². The van der Waals surface area contributed by atoms with Gasteiger partial charge in [0.2, 0.25) is 0 Å². The second-order valence-electron chi connectivity index (χ2n) is 3.98. The van der Waals surface area contributed by atoms with Crippen molar-refractivity contribution >= 4 is 0 Å². The topological polar surface area (TPSA) is 32.3 Å². The summed E-state index contributed by atoms with van der Waals surface area (Å²) in [5.41, 5.74) is 2.05. The first-order chi connectivity index (χ1) is 7.58. The molecule has 0 aromatic carbocycles. The minimum absolute atomic E-state index is 0.842. The first-order valence-electron chi connectivity index (χ1n) is 5.67. The predicted octanol–water partition coefficient (Wildman–Crippen LogP) is 1.63. The molecule has 0 aliphatic rings. The lowest BCUT2D eigenvalue weighted by atomic mass is 10.3. The molecular weight excluding hydrogens is 200 g/mol. The Labute approximate surface area is 99.3 Å². The summed E-state index contributed by atoms with van der Waals surface area (Å²) in [6, 6.07) is 0. The van der Waals surface area contributed by atoms with E-state index in [4.69, 9.17) is 0 Å². The third-order valence-electron chi connectivity index (χ3n) is 1.69. The van der Waals surface area contributed by atoms with E-state index in [9.17, 15) is 0 Å². The molecule has 4 heteroatoms. The summed E-state index contributed by atoms with van der Waals surface area (Å²) in [6.45, 7) is 5.68. The van der Waals surface area contributed by atoms with Crippen molar-refractivity contribution in [2.45, 2.75) is 26.9 Å². The van der Waals surface area contributed by atoms with E-state index < -0.39 is 0 Å². The highest BCUT2D eigenvalue weighted by Crippen LogP contribution is 2.00. The van der Waals surface area contributed by atoms with Crippen molar-refractivity contribution in [3.05, 3.63) is 23.8 Å². The summed E-state index contributed by atoms with van der Waals surface area (Å²) in [6.07, 6.45) is 3.64. The molecule has 0 unspecified atom stereocenters. The van der Waals surface area contributed by atoms with Crippen LogP contribution < -0.4 is 0 Å². The summed E-state index contributed by atoms with van der Waals surface area (Å²) in [7, 11) is 8.11. The fraction of sp³-hybridized carbons (Fsp3) is 0.667. The average Bonchev–Trinajstić information content (AvgIpc) is 2.19. The Balaban J connectivity index is 0.00000106. The smallest absolute Gasteiger partial charge is 0.0730 e. The molecule has 0 aliphatic carbocycles. The summed E-state index contributed by atoms with van der Waals surface area (Å²) < 4.78 is 0. The molecule has 1 rings (SSSR count). The Morgan fingerprint density at radius 1 is 0.875 bits per heavy atom. The van der Waals surface area contributed by atoms with Crippen LogP contribution in [0.5, 0.6) is 0 Å². The highest BCUT2D eigenvalue weighted by molar-refractivity contribution is 5.02. The Kier molecular flexibility index (Phi) is 7.68. The third kappa shape index (κ3) is 6.48. The van der Waals surface area contributed by atoms with Gasteiger partial charge in [0.05, 0.1) is 11.4 Å². The Morgan fingerprint density at radius 3 is 1.56 bits per heavy atom. The third-order valence-corrected chi connectivity index (χ3v) is 1.69. The number of nitrogens with zero attached hydrogens (tertiary/aromatic N) is 4. The fourth-order valence-corrected chi connectivity index (χ4v) is 1.25. The number of aromatic nitrogens is 2. The predicted molar refractivity (Wildman–Crippen MR) is 68.2 cm³/mol. The molecule has 0 bridgehead atoms. The van der Waals surface area contributed by atoms with Gasteiger partial charge in [0.25, 0.3) is 0 Å². The van der Waals surface area contributed by atoms with Crippen molar-refractivity contribution < 1.29 is 0 Å². The van der Waals surface area contributed by atoms with Crippen LogP contribution in [0.15, 0.2) is 12.4 Å². The summed E-state index contributed by atoms with van der Waals surface area (Å²) in [5.74, 6) is 0. The van der Waals surface area contributed by atoms with E-state index in [0.717, 1.165) is 24.5 Å². The molecule has 0 atom stereocenters. The molecule has 0 N–H and O–H groups in total. The molecule has 1 heterocycles. The van der Waals surface area contributed by atoms with Crippen LogP contribution in [-0.4, -0.2) is 48.0 Å². The average molecular weight is 224 g/mol. The number of hydrogen-bond donors (Lipinski definition) is 0. The molecule has 1 aromatic heterocycles. The van der Waals surface area contributed by atoms with Gasteiger partial charge in [-0.1, -0.05) is 13.8 Å². The van der Waals surface area contributed by atoms with Crippen LogP contribution in [0.1, 0.15) is 25.2 Å². The molecule has 0 fully saturated rings. The number of rotatable bonds is 4. The van der Waals surface area contributed by atoms with Crippen LogP contribution in [0.25, 0.3) is 0 Å². The van der Waals surface area contributed by atoms with Crippen LogP contribution >= 0.6 is 0 Å². The summed E-state index contributed by atoms with van der Waals surface area (Å²) in [5, 5.41) is 0. The van der Waals surface area contributed by atoms with Crippen LogP contribution in [-0.2, 0) is 13.1 Å². The van der Waals surface area contributed by atoms with Crippen LogP contribution in [0.2, 0.25) is 0 Å². The lowest BCUT2D eigenvalue weighted by Crippen LogP contribution is -2.15. The van der Waals surface area contributed by atoms with Crippen molar-refractivity contribution in [1.82, 2.24) is 19.8 Å². The minimum Gasteiger partial charge on any atom is -0.304 e. The largest absolute Gasteiger partial charge is 0.304 e. The van der Waals surface area contributed by atoms with Crippen molar-refractivity contribution in [3.8, 4) is 0 Å². The van der Waals surface area contributed by atoms with Gasteiger partial charge in [-0.15, -0.1) is 0 Å². The van der Waals surface area contributed by atoms with E-state index in [1.54, 1.807) is 0 Å². The molecule has 0 amide bonds. The minimum atomic E-state index is 0.842. The molecule has 0 spiro atoms. The first-order valence-corrected chi connectivity index (χ1v) is 5.67. The van der Waals surface area contributed by atoms with Crippen molar-refractivity contribution in [1.29, 1.82) is 0 Å². The maximum absolute atomic E-state index is 4.51. The van der Waals surface area contributed by atoms with Crippen LogP contribution in [0.3, 0.4) is 0 Å². The highest BCUT2D eigenvalue weighted by Gasteiger charge is 2.01. The molecule has 1 aromatic rings. The van der Waals surface area contributed by atoms with Gasteiger partial charge in [0.15, 0.2) is 0 Å². The normalized spacial score (nSPS) is 10.2. The van der Waals surface area contributed by atoms with Gasteiger partial charge in [0, 0.05) is 25.5 Å². The Morgan fingerprint density at radius 2 is 1.25 bits per heavy atom. The molecular formula is C12H24N4. The van der Waals surface area contributed by atoms with Gasteiger partial charge < -0.3 is 9.80 Å². The zero-order valence-corrected chi connectivity index (χ0v) is 11.4. The lowest BCUT2D eigenvalue weighted by molar-refractivity contribution is 0.383. The second kappa shape index (κ2) is 8.19. The standard InChI is InChI=1S/C10H18N4.C2H6/c1-13(2)7-9-5-11-6-10(12-9)8-14(3)4;1-2/h5-6H,7-8H2,1-4H3;1-2H3. The van der Waals surface area contributed by atoms with Crippen molar-refractivity contribution in [3.63, 3.8) is 0 Å². The Hall–Kier alpha value is -1.00. The van der Waals surface area contributed by atoms with Gasteiger partial charge in [-0.3, -0.25) is 9.97 Å². The van der Waals surface area contributed by atoms with Gasteiger partial charge in [-0.25, -0.2) is 0 Å². The maximum atomic E-state index is 4.51. The quantitative estimate of drug-likeness (QED) is 0.778. The van der Waals surface area contributed by atoms with E-state index in [0.29, 0.717) is 0 Å². The van der Waals surface area contributed by atoms with Gasteiger partial charge in [-0.05, 0) is 28.2 Å². The fourth-order valence-electron chi connectivity index (χ4n) is 1.25. The maximum Gasteiger partial charge on any atom is 0.0730 e. The number of hydrogen-bond acceptors (Lipinski definition) is 4. The zero-order valence-electron chi connectivity index (χ0n) is 11.4. The van der Waals surface area contributed by atoms with Crippen LogP contribution in [0, 0.1) is 0 Å². The van der Waals surface area contributed by atoms with E-state index in [2.05, 4.69) is 19.8 Å².